The second-order valence-corrected chi connectivity index (χ2v) is 4.16. The molecule has 1 nitrogen and oxygen atoms in total. The molecule has 0 spiro atoms. The van der Waals surface area contributed by atoms with E-state index in [9.17, 15) is 12.9 Å². The first-order chi connectivity index (χ1) is 5.90. The van der Waals surface area contributed by atoms with Crippen LogP contribution in [0, 0.1) is 5.92 Å². The Morgan fingerprint density at radius 2 is 1.93 bits per heavy atom. The van der Waals surface area contributed by atoms with Crippen LogP contribution in [0.15, 0.2) is 0 Å². The Labute approximate surface area is 126 Å². The molecule has 6 heteroatoms. The number of hydrogen-bond donors (Lipinski definition) is 0. The van der Waals surface area contributed by atoms with Gasteiger partial charge in [0, 0.05) is 6.04 Å². The Hall–Kier alpha value is 1.45. The SMILES string of the molecule is CC(C)C1CCCN1C[B-](F)(F)F.[K+]. The Bertz CT molecular complexity index is 174. The zero-order valence-electron chi connectivity index (χ0n) is 9.14. The third-order valence-electron chi connectivity index (χ3n) is 2.63. The maximum atomic E-state index is 12.2. The van der Waals surface area contributed by atoms with Crippen LogP contribution in [0.1, 0.15) is 26.7 Å². The molecule has 0 N–H and O–H groups in total. The summed E-state index contributed by atoms with van der Waals surface area (Å²) in [7, 11) is 0. The summed E-state index contributed by atoms with van der Waals surface area (Å²) < 4.78 is 36.5. The Kier molecular flexibility index (Phi) is 6.90. The molecule has 0 amide bonds. The molecule has 1 unspecified atom stereocenters. The van der Waals surface area contributed by atoms with Crippen molar-refractivity contribution in [2.45, 2.75) is 32.7 Å². The van der Waals surface area contributed by atoms with E-state index in [1.807, 2.05) is 13.8 Å². The molecule has 1 aliphatic rings. The van der Waals surface area contributed by atoms with Gasteiger partial charge in [0.25, 0.3) is 0 Å². The van der Waals surface area contributed by atoms with E-state index in [0.717, 1.165) is 12.8 Å². The summed E-state index contributed by atoms with van der Waals surface area (Å²) in [6, 6.07) is 0.142. The maximum absolute atomic E-state index is 12.2. The standard InChI is InChI=1S/C8H16BF3N.K/c1-7(2)8-4-3-5-13(8)6-9(10,11)12;/h7-8H,3-6H2,1-2H3;/q-1;+1. The van der Waals surface area contributed by atoms with Gasteiger partial charge in [0.1, 0.15) is 0 Å². The number of rotatable bonds is 3. The molecule has 1 fully saturated rings. The van der Waals surface area contributed by atoms with Crippen LogP contribution < -0.4 is 51.4 Å². The zero-order chi connectivity index (χ0) is 10.1. The minimum Gasteiger partial charge on any atom is -0.448 e. The topological polar surface area (TPSA) is 3.24 Å². The molecule has 0 aromatic heterocycles. The maximum Gasteiger partial charge on any atom is 1.00 e. The van der Waals surface area contributed by atoms with Gasteiger partial charge in [-0.3, -0.25) is 0 Å². The van der Waals surface area contributed by atoms with E-state index < -0.39 is 13.4 Å². The molecule has 1 saturated heterocycles. The quantitative estimate of drug-likeness (QED) is 0.594. The largest absolute Gasteiger partial charge is 1.00 e. The molecular weight excluding hydrogens is 217 g/mol. The zero-order valence-corrected chi connectivity index (χ0v) is 12.3. The van der Waals surface area contributed by atoms with Crippen LogP contribution in [0.25, 0.3) is 0 Å². The molecule has 78 valence electrons. The van der Waals surface area contributed by atoms with Crippen molar-refractivity contribution in [1.29, 1.82) is 0 Å². The molecule has 0 bridgehead atoms. The molecule has 0 aromatic rings. The van der Waals surface area contributed by atoms with Crippen molar-refractivity contribution in [1.82, 2.24) is 4.90 Å². The third kappa shape index (κ3) is 4.99. The van der Waals surface area contributed by atoms with E-state index in [1.165, 1.54) is 0 Å². The van der Waals surface area contributed by atoms with Gasteiger partial charge in [-0.2, -0.15) is 0 Å². The normalized spacial score (nSPS) is 24.0. The van der Waals surface area contributed by atoms with Gasteiger partial charge < -0.3 is 17.8 Å². The first-order valence-electron chi connectivity index (χ1n) is 4.85. The second-order valence-electron chi connectivity index (χ2n) is 4.16. The van der Waals surface area contributed by atoms with Crippen molar-refractivity contribution >= 4 is 6.98 Å². The summed E-state index contributed by atoms with van der Waals surface area (Å²) in [5.41, 5.74) is 0. The van der Waals surface area contributed by atoms with Gasteiger partial charge in [-0.25, -0.2) is 0 Å². The molecule has 1 aliphatic heterocycles. The van der Waals surface area contributed by atoms with Gasteiger partial charge in [-0.1, -0.05) is 13.8 Å². The molecule has 0 saturated carbocycles. The Morgan fingerprint density at radius 1 is 1.36 bits per heavy atom. The van der Waals surface area contributed by atoms with E-state index in [-0.39, 0.29) is 57.4 Å². The Morgan fingerprint density at radius 3 is 2.36 bits per heavy atom. The van der Waals surface area contributed by atoms with Crippen molar-refractivity contribution in [3.8, 4) is 0 Å². The molecule has 0 aliphatic carbocycles. The monoisotopic (exact) mass is 233 g/mol. The summed E-state index contributed by atoms with van der Waals surface area (Å²) in [6.07, 6.45) is 1.15. The fraction of sp³-hybridized carbons (Fsp3) is 1.00. The average molecular weight is 233 g/mol. The van der Waals surface area contributed by atoms with Crippen molar-refractivity contribution in [2.75, 3.05) is 13.0 Å². The molecule has 1 heterocycles. The smallest absolute Gasteiger partial charge is 0.448 e. The molecule has 1 rings (SSSR count). The van der Waals surface area contributed by atoms with Crippen molar-refractivity contribution in [3.63, 3.8) is 0 Å². The van der Waals surface area contributed by atoms with Gasteiger partial charge in [-0.05, 0) is 31.7 Å². The van der Waals surface area contributed by atoms with Crippen LogP contribution in [-0.4, -0.2) is 30.9 Å². The van der Waals surface area contributed by atoms with Crippen LogP contribution in [-0.2, 0) is 0 Å². The van der Waals surface area contributed by atoms with E-state index >= 15 is 0 Å². The fourth-order valence-corrected chi connectivity index (χ4v) is 2.10. The average Bonchev–Trinajstić information content (AvgIpc) is 2.31. The second kappa shape index (κ2) is 6.25. The molecule has 14 heavy (non-hydrogen) atoms. The predicted molar refractivity (Wildman–Crippen MR) is 48.5 cm³/mol. The summed E-state index contributed by atoms with van der Waals surface area (Å²) >= 11 is 0. The minimum absolute atomic E-state index is 0. The van der Waals surface area contributed by atoms with Gasteiger partial charge in [-0.15, -0.1) is 0 Å². The van der Waals surface area contributed by atoms with Gasteiger partial charge in [0.2, 0.25) is 0 Å². The summed E-state index contributed by atoms with van der Waals surface area (Å²) in [5, 5.41) is 0. The van der Waals surface area contributed by atoms with Crippen LogP contribution >= 0.6 is 0 Å². The number of halogens is 3. The third-order valence-corrected chi connectivity index (χ3v) is 2.63. The van der Waals surface area contributed by atoms with Crippen LogP contribution in [0.5, 0.6) is 0 Å². The van der Waals surface area contributed by atoms with Crippen LogP contribution in [0.3, 0.4) is 0 Å². The van der Waals surface area contributed by atoms with Crippen molar-refractivity contribution in [3.05, 3.63) is 0 Å². The summed E-state index contributed by atoms with van der Waals surface area (Å²) in [5.74, 6) is 0.334. The molecule has 0 aromatic carbocycles. The van der Waals surface area contributed by atoms with E-state index in [0.29, 0.717) is 12.5 Å². The molecule has 0 radical (unpaired) electrons. The van der Waals surface area contributed by atoms with Gasteiger partial charge in [0.05, 0.1) is 0 Å². The van der Waals surface area contributed by atoms with Crippen molar-refractivity contribution in [2.24, 2.45) is 5.92 Å². The summed E-state index contributed by atoms with van der Waals surface area (Å²) in [6.45, 7) is -0.0471. The number of nitrogens with zero attached hydrogens (tertiary/aromatic N) is 1. The van der Waals surface area contributed by atoms with E-state index in [1.54, 1.807) is 4.90 Å². The van der Waals surface area contributed by atoms with Crippen LogP contribution in [0.2, 0.25) is 0 Å². The van der Waals surface area contributed by atoms with Gasteiger partial charge >= 0.3 is 58.4 Å². The predicted octanol–water partition coefficient (Wildman–Crippen LogP) is -0.503. The van der Waals surface area contributed by atoms with E-state index in [2.05, 4.69) is 0 Å². The first-order valence-corrected chi connectivity index (χ1v) is 4.85. The van der Waals surface area contributed by atoms with E-state index in [4.69, 9.17) is 0 Å². The minimum atomic E-state index is -4.65. The Balaban J connectivity index is 0.00000169. The first kappa shape index (κ1) is 15.5. The molecule has 1 atom stereocenters. The number of hydrogen-bond acceptors (Lipinski definition) is 1. The van der Waals surface area contributed by atoms with Gasteiger partial charge in [0.15, 0.2) is 0 Å². The van der Waals surface area contributed by atoms with Crippen molar-refractivity contribution < 1.29 is 64.3 Å². The fourth-order valence-electron chi connectivity index (χ4n) is 2.10. The van der Waals surface area contributed by atoms with Crippen LogP contribution in [0.4, 0.5) is 12.9 Å². The summed E-state index contributed by atoms with van der Waals surface area (Å²) in [4.78, 5) is 1.59. The number of likely N-dealkylation sites (tertiary alicyclic amines) is 1. The molecular formula is C8H16BF3KN.